The van der Waals surface area contributed by atoms with Crippen LogP contribution in [0.2, 0.25) is 0 Å². The van der Waals surface area contributed by atoms with Gasteiger partial charge in [-0.05, 0) is 67.8 Å². The number of hydrogen-bond donors (Lipinski definition) is 2. The van der Waals surface area contributed by atoms with E-state index in [1.165, 1.54) is 11.1 Å². The highest BCUT2D eigenvalue weighted by Gasteiger charge is 2.07. The first-order valence-corrected chi connectivity index (χ1v) is 7.53. The quantitative estimate of drug-likeness (QED) is 0.785. The van der Waals surface area contributed by atoms with Gasteiger partial charge in [-0.25, -0.2) is 0 Å². The molecule has 0 atom stereocenters. The van der Waals surface area contributed by atoms with Crippen LogP contribution in [0.1, 0.15) is 22.3 Å². The predicted octanol–water partition coefficient (Wildman–Crippen LogP) is 4.75. The lowest BCUT2D eigenvalue weighted by Crippen LogP contribution is -2.11. The first kappa shape index (κ1) is 15.0. The number of anilines is 2. The topological polar surface area (TPSA) is 38.0 Å². The summed E-state index contributed by atoms with van der Waals surface area (Å²) in [6.45, 7) is 6.20. The summed E-state index contributed by atoms with van der Waals surface area (Å²) in [7, 11) is 0. The van der Waals surface area contributed by atoms with Crippen molar-refractivity contribution >= 4 is 44.5 Å². The van der Waals surface area contributed by atoms with Gasteiger partial charge in [0.15, 0.2) is 0 Å². The molecule has 104 valence electrons. The molecule has 3 N–H and O–H groups in total. The number of thiocarbonyl (C=S) groups is 1. The summed E-state index contributed by atoms with van der Waals surface area (Å²) in [5.41, 5.74) is 12.3. The van der Waals surface area contributed by atoms with Gasteiger partial charge in [-0.1, -0.05) is 28.1 Å². The molecule has 2 aromatic rings. The zero-order chi connectivity index (χ0) is 14.9. The van der Waals surface area contributed by atoms with E-state index in [-0.39, 0.29) is 0 Å². The van der Waals surface area contributed by atoms with Crippen LogP contribution in [0.15, 0.2) is 34.8 Å². The average Bonchev–Trinajstić information content (AvgIpc) is 2.33. The van der Waals surface area contributed by atoms with Gasteiger partial charge in [0.25, 0.3) is 0 Å². The minimum Gasteiger partial charge on any atom is -0.389 e. The highest BCUT2D eigenvalue weighted by Crippen LogP contribution is 2.28. The predicted molar refractivity (Wildman–Crippen MR) is 94.0 cm³/mol. The molecule has 0 spiro atoms. The monoisotopic (exact) mass is 348 g/mol. The lowest BCUT2D eigenvalue weighted by molar-refractivity contribution is 1.34. The van der Waals surface area contributed by atoms with Gasteiger partial charge in [-0.15, -0.1) is 0 Å². The molecule has 0 aliphatic rings. The maximum atomic E-state index is 5.69. The Morgan fingerprint density at radius 1 is 1.05 bits per heavy atom. The lowest BCUT2D eigenvalue weighted by atomic mass is 10.1. The molecular weight excluding hydrogens is 332 g/mol. The van der Waals surface area contributed by atoms with Crippen LogP contribution in [0.4, 0.5) is 11.4 Å². The Morgan fingerprint density at radius 3 is 2.15 bits per heavy atom. The summed E-state index contributed by atoms with van der Waals surface area (Å²) in [5.74, 6) is 0. The summed E-state index contributed by atoms with van der Waals surface area (Å²) in [4.78, 5) is 0.435. The summed E-state index contributed by atoms with van der Waals surface area (Å²) in [6.07, 6.45) is 0. The fourth-order valence-electron chi connectivity index (χ4n) is 2.27. The number of halogens is 1. The third kappa shape index (κ3) is 3.19. The Hall–Kier alpha value is -1.39. The van der Waals surface area contributed by atoms with E-state index >= 15 is 0 Å². The van der Waals surface area contributed by atoms with Crippen molar-refractivity contribution in [2.24, 2.45) is 5.73 Å². The Bertz CT molecular complexity index is 657. The van der Waals surface area contributed by atoms with E-state index < -0.39 is 0 Å². The van der Waals surface area contributed by atoms with Crippen LogP contribution in [0.3, 0.4) is 0 Å². The molecule has 0 aliphatic carbocycles. The van der Waals surface area contributed by atoms with Gasteiger partial charge in [-0.2, -0.15) is 0 Å². The molecule has 0 aliphatic heterocycles. The molecule has 0 fully saturated rings. The van der Waals surface area contributed by atoms with Crippen molar-refractivity contribution in [2.45, 2.75) is 20.8 Å². The highest BCUT2D eigenvalue weighted by molar-refractivity contribution is 9.10. The van der Waals surface area contributed by atoms with E-state index in [1.54, 1.807) is 0 Å². The summed E-state index contributed by atoms with van der Waals surface area (Å²) < 4.78 is 1.10. The highest BCUT2D eigenvalue weighted by atomic mass is 79.9. The molecule has 0 radical (unpaired) electrons. The second-order valence-electron chi connectivity index (χ2n) is 4.93. The molecule has 2 rings (SSSR count). The number of nitrogens with two attached hydrogens (primary N) is 1. The van der Waals surface area contributed by atoms with Gasteiger partial charge in [0, 0.05) is 21.4 Å². The van der Waals surface area contributed by atoms with Crippen molar-refractivity contribution in [1.29, 1.82) is 0 Å². The Kier molecular flexibility index (Phi) is 4.45. The minimum absolute atomic E-state index is 0.435. The van der Waals surface area contributed by atoms with Crippen LogP contribution in [0.25, 0.3) is 0 Å². The molecule has 4 heteroatoms. The minimum atomic E-state index is 0.435. The van der Waals surface area contributed by atoms with E-state index in [4.69, 9.17) is 18.0 Å². The molecule has 0 amide bonds. The molecule has 2 nitrogen and oxygen atoms in total. The first-order valence-electron chi connectivity index (χ1n) is 6.32. The SMILES string of the molecule is Cc1cc(Nc2c(C)cc(Br)cc2C)ccc1C(N)=S. The van der Waals surface area contributed by atoms with Crippen LogP contribution in [0.5, 0.6) is 0 Å². The number of hydrogen-bond acceptors (Lipinski definition) is 2. The van der Waals surface area contributed by atoms with Gasteiger partial charge in [0.05, 0.1) is 0 Å². The molecule has 0 heterocycles. The maximum absolute atomic E-state index is 5.69. The van der Waals surface area contributed by atoms with Gasteiger partial charge in [-0.3, -0.25) is 0 Å². The van der Waals surface area contributed by atoms with Crippen molar-refractivity contribution in [3.8, 4) is 0 Å². The maximum Gasteiger partial charge on any atom is 0.104 e. The first-order chi connectivity index (χ1) is 9.38. The number of rotatable bonds is 3. The Labute approximate surface area is 133 Å². The van der Waals surface area contributed by atoms with Crippen LogP contribution in [-0.2, 0) is 0 Å². The molecule has 0 unspecified atom stereocenters. The number of benzene rings is 2. The molecule has 0 saturated carbocycles. The van der Waals surface area contributed by atoms with Crippen molar-refractivity contribution in [1.82, 2.24) is 0 Å². The largest absolute Gasteiger partial charge is 0.389 e. The number of aryl methyl sites for hydroxylation is 3. The second kappa shape index (κ2) is 5.94. The summed E-state index contributed by atoms with van der Waals surface area (Å²) >= 11 is 8.54. The van der Waals surface area contributed by atoms with Gasteiger partial charge < -0.3 is 11.1 Å². The van der Waals surface area contributed by atoms with Crippen molar-refractivity contribution in [2.75, 3.05) is 5.32 Å². The van der Waals surface area contributed by atoms with Crippen molar-refractivity contribution in [3.63, 3.8) is 0 Å². The normalized spacial score (nSPS) is 10.4. The Balaban J connectivity index is 2.36. The van der Waals surface area contributed by atoms with E-state index in [1.807, 2.05) is 19.1 Å². The van der Waals surface area contributed by atoms with Crippen LogP contribution >= 0.6 is 28.1 Å². The molecule has 0 aromatic heterocycles. The molecule has 0 saturated heterocycles. The van der Waals surface area contributed by atoms with Crippen LogP contribution < -0.4 is 11.1 Å². The zero-order valence-corrected chi connectivity index (χ0v) is 14.2. The third-order valence-electron chi connectivity index (χ3n) is 3.26. The third-order valence-corrected chi connectivity index (χ3v) is 3.94. The second-order valence-corrected chi connectivity index (χ2v) is 6.29. The van der Waals surface area contributed by atoms with E-state index in [2.05, 4.69) is 53.3 Å². The van der Waals surface area contributed by atoms with E-state index in [0.717, 1.165) is 27.0 Å². The summed E-state index contributed by atoms with van der Waals surface area (Å²) in [5, 5.41) is 3.47. The molecular formula is C16H17BrN2S. The van der Waals surface area contributed by atoms with Gasteiger partial charge in [0.2, 0.25) is 0 Å². The average molecular weight is 349 g/mol. The van der Waals surface area contributed by atoms with Crippen molar-refractivity contribution in [3.05, 3.63) is 57.1 Å². The Morgan fingerprint density at radius 2 is 1.65 bits per heavy atom. The number of nitrogens with one attached hydrogen (secondary N) is 1. The zero-order valence-electron chi connectivity index (χ0n) is 11.8. The fraction of sp³-hybridized carbons (Fsp3) is 0.188. The van der Waals surface area contributed by atoms with E-state index in [0.29, 0.717) is 4.99 Å². The van der Waals surface area contributed by atoms with Crippen LogP contribution in [-0.4, -0.2) is 4.99 Å². The van der Waals surface area contributed by atoms with Gasteiger partial charge in [0.1, 0.15) is 4.99 Å². The molecule has 20 heavy (non-hydrogen) atoms. The van der Waals surface area contributed by atoms with Gasteiger partial charge >= 0.3 is 0 Å². The van der Waals surface area contributed by atoms with Crippen molar-refractivity contribution < 1.29 is 0 Å². The molecule has 2 aromatic carbocycles. The fourth-order valence-corrected chi connectivity index (χ4v) is 3.19. The molecule has 0 bridgehead atoms. The van der Waals surface area contributed by atoms with E-state index in [9.17, 15) is 0 Å². The van der Waals surface area contributed by atoms with Crippen LogP contribution in [0, 0.1) is 20.8 Å². The summed E-state index contributed by atoms with van der Waals surface area (Å²) in [6, 6.07) is 10.2. The smallest absolute Gasteiger partial charge is 0.104 e. The standard InChI is InChI=1S/C16H17BrN2S/c1-9-8-13(4-5-14(9)16(18)20)19-15-10(2)6-12(17)7-11(15)3/h4-8,19H,1-3H3,(H2,18,20). The lowest BCUT2D eigenvalue weighted by Gasteiger charge is -2.15.